The lowest BCUT2D eigenvalue weighted by molar-refractivity contribution is 0.102. The number of carbonyl (C=O) groups excluding carboxylic acids is 1. The summed E-state index contributed by atoms with van der Waals surface area (Å²) in [7, 11) is 0. The smallest absolute Gasteiger partial charge is 0.257 e. The van der Waals surface area contributed by atoms with Crippen LogP contribution in [0.5, 0.6) is 5.75 Å². The Labute approximate surface area is 221 Å². The average Bonchev–Trinajstić information content (AvgIpc) is 3.82. The number of halogens is 1. The summed E-state index contributed by atoms with van der Waals surface area (Å²) < 4.78 is 21.6. The highest BCUT2D eigenvalue weighted by atomic mass is 32.2. The Kier molecular flexibility index (Phi) is 6.84. The standard InChI is InChI=1S/C28H35FN4O3S/c29-18-36-26-4-2-21(14-25(26)33-16-19-13-20(19)17-33)30-27(35)23-3-1-22(31-37-12-11-34)15-24(23)32-9-7-28(5-6-28)8-10-32/h1-4,14-15,19-20,31,34H,5-13,16-18H2,(H,30,35). The van der Waals surface area contributed by atoms with Gasteiger partial charge in [0.05, 0.1) is 23.5 Å². The maximum Gasteiger partial charge on any atom is 0.257 e. The van der Waals surface area contributed by atoms with Gasteiger partial charge in [0.15, 0.2) is 0 Å². The Morgan fingerprint density at radius 2 is 1.76 bits per heavy atom. The molecule has 2 atom stereocenters. The van der Waals surface area contributed by atoms with Crippen LogP contribution >= 0.6 is 11.9 Å². The molecule has 198 valence electrons. The monoisotopic (exact) mass is 526 g/mol. The summed E-state index contributed by atoms with van der Waals surface area (Å²) in [6, 6.07) is 11.3. The first-order valence-corrected chi connectivity index (χ1v) is 14.3. The van der Waals surface area contributed by atoms with Gasteiger partial charge in [0.25, 0.3) is 5.91 Å². The van der Waals surface area contributed by atoms with Crippen LogP contribution in [0.4, 0.5) is 27.1 Å². The summed E-state index contributed by atoms with van der Waals surface area (Å²) in [5.74, 6) is 2.39. The van der Waals surface area contributed by atoms with Crippen molar-refractivity contribution < 1.29 is 19.0 Å². The van der Waals surface area contributed by atoms with Gasteiger partial charge in [-0.1, -0.05) is 11.9 Å². The van der Waals surface area contributed by atoms with E-state index in [-0.39, 0.29) is 12.5 Å². The maximum atomic E-state index is 13.6. The first-order chi connectivity index (χ1) is 18.1. The number of alkyl halides is 1. The third-order valence-electron chi connectivity index (χ3n) is 8.49. The normalized spacial score (nSPS) is 23.1. The van der Waals surface area contributed by atoms with Gasteiger partial charge in [-0.15, -0.1) is 0 Å². The van der Waals surface area contributed by atoms with E-state index in [0.29, 0.717) is 28.2 Å². The molecule has 2 saturated heterocycles. The van der Waals surface area contributed by atoms with Crippen LogP contribution < -0.4 is 24.6 Å². The topological polar surface area (TPSA) is 77.1 Å². The Morgan fingerprint density at radius 1 is 1.03 bits per heavy atom. The second-order valence-electron chi connectivity index (χ2n) is 10.9. The average molecular weight is 527 g/mol. The highest BCUT2D eigenvalue weighted by molar-refractivity contribution is 8.00. The lowest BCUT2D eigenvalue weighted by Crippen LogP contribution is -2.35. The summed E-state index contributed by atoms with van der Waals surface area (Å²) in [5.41, 5.74) is 4.54. The number of nitrogens with one attached hydrogen (secondary N) is 2. The summed E-state index contributed by atoms with van der Waals surface area (Å²) in [5, 5.41) is 12.2. The van der Waals surface area contributed by atoms with Crippen LogP contribution in [0.3, 0.4) is 0 Å². The first-order valence-electron chi connectivity index (χ1n) is 13.3. The van der Waals surface area contributed by atoms with Crippen LogP contribution in [-0.2, 0) is 0 Å². The number of benzene rings is 2. The molecule has 2 aliphatic carbocycles. The molecule has 0 radical (unpaired) electrons. The molecule has 4 aliphatic rings. The Balaban J connectivity index is 1.23. The molecule has 2 aromatic carbocycles. The van der Waals surface area contributed by atoms with Crippen molar-refractivity contribution in [3.63, 3.8) is 0 Å². The molecule has 2 unspecified atom stereocenters. The third-order valence-corrected chi connectivity index (χ3v) is 9.26. The van der Waals surface area contributed by atoms with Gasteiger partial charge in [0.2, 0.25) is 6.86 Å². The number of fused-ring (bicyclic) bond motifs is 1. The van der Waals surface area contributed by atoms with E-state index in [1.807, 2.05) is 24.3 Å². The molecule has 6 rings (SSSR count). The Morgan fingerprint density at radius 3 is 2.46 bits per heavy atom. The predicted molar refractivity (Wildman–Crippen MR) is 148 cm³/mol. The second-order valence-corrected chi connectivity index (χ2v) is 11.8. The highest BCUT2D eigenvalue weighted by Gasteiger charge is 2.46. The molecule has 4 fully saturated rings. The minimum absolute atomic E-state index is 0.106. The number of aliphatic hydroxyl groups is 1. The number of hydrogen-bond acceptors (Lipinski definition) is 7. The molecule has 2 saturated carbocycles. The SMILES string of the molecule is O=C(Nc1ccc(OCF)c(N2CC3CC3C2)c1)c1ccc(NSCCO)cc1N1CCC2(CC1)CC2. The minimum Gasteiger partial charge on any atom is -0.461 e. The lowest BCUT2D eigenvalue weighted by atomic mass is 9.93. The number of anilines is 4. The second kappa shape index (κ2) is 10.3. The van der Waals surface area contributed by atoms with Gasteiger partial charge in [0.1, 0.15) is 5.75 Å². The van der Waals surface area contributed by atoms with E-state index in [9.17, 15) is 9.18 Å². The molecule has 2 aliphatic heterocycles. The van der Waals surface area contributed by atoms with Gasteiger partial charge in [0, 0.05) is 43.3 Å². The van der Waals surface area contributed by atoms with Gasteiger partial charge in [-0.05, 0) is 85.8 Å². The molecule has 7 nitrogen and oxygen atoms in total. The molecule has 0 bridgehead atoms. The fourth-order valence-electron chi connectivity index (χ4n) is 5.94. The third kappa shape index (κ3) is 5.34. The maximum absolute atomic E-state index is 13.6. The van der Waals surface area contributed by atoms with Gasteiger partial charge < -0.3 is 29.7 Å². The Bertz CT molecular complexity index is 1140. The zero-order valence-corrected chi connectivity index (χ0v) is 21.9. The number of carbonyl (C=O) groups is 1. The molecule has 9 heteroatoms. The molecule has 1 spiro atoms. The van der Waals surface area contributed by atoms with Crippen molar-refractivity contribution in [1.82, 2.24) is 0 Å². The van der Waals surface area contributed by atoms with E-state index in [0.717, 1.165) is 55.1 Å². The van der Waals surface area contributed by atoms with E-state index in [1.54, 1.807) is 12.1 Å². The quantitative estimate of drug-likeness (QED) is 0.293. The zero-order valence-electron chi connectivity index (χ0n) is 21.0. The number of rotatable bonds is 10. The molecule has 2 heterocycles. The van der Waals surface area contributed by atoms with Crippen LogP contribution in [0, 0.1) is 17.3 Å². The number of ether oxygens (including phenoxy) is 1. The molecular formula is C28H35FN4O3S. The molecule has 37 heavy (non-hydrogen) atoms. The van der Waals surface area contributed by atoms with Crippen molar-refractivity contribution in [2.75, 3.05) is 65.2 Å². The molecule has 2 aromatic rings. The molecular weight excluding hydrogens is 491 g/mol. The summed E-state index contributed by atoms with van der Waals surface area (Å²) >= 11 is 1.45. The van der Waals surface area contributed by atoms with Crippen molar-refractivity contribution >= 4 is 40.6 Å². The molecule has 1 amide bonds. The van der Waals surface area contributed by atoms with E-state index >= 15 is 0 Å². The summed E-state index contributed by atoms with van der Waals surface area (Å²) in [6.45, 7) is 3.03. The van der Waals surface area contributed by atoms with Crippen molar-refractivity contribution in [3.05, 3.63) is 42.0 Å². The van der Waals surface area contributed by atoms with Crippen LogP contribution in [-0.4, -0.2) is 56.4 Å². The number of nitrogens with zero attached hydrogens (tertiary/aromatic N) is 2. The predicted octanol–water partition coefficient (Wildman–Crippen LogP) is 5.13. The first kappa shape index (κ1) is 24.7. The largest absolute Gasteiger partial charge is 0.461 e. The highest BCUT2D eigenvalue weighted by Crippen LogP contribution is 2.54. The van der Waals surface area contributed by atoms with Crippen molar-refractivity contribution in [2.24, 2.45) is 17.3 Å². The van der Waals surface area contributed by atoms with E-state index in [1.165, 1.54) is 44.1 Å². The fraction of sp³-hybridized carbons (Fsp3) is 0.536. The van der Waals surface area contributed by atoms with Gasteiger partial charge in [-0.2, -0.15) is 0 Å². The van der Waals surface area contributed by atoms with E-state index < -0.39 is 6.86 Å². The van der Waals surface area contributed by atoms with Gasteiger partial charge in [-0.3, -0.25) is 4.79 Å². The summed E-state index contributed by atoms with van der Waals surface area (Å²) in [4.78, 5) is 18.2. The number of amides is 1. The zero-order chi connectivity index (χ0) is 25.4. The molecule has 0 aromatic heterocycles. The van der Waals surface area contributed by atoms with Crippen LogP contribution in [0.15, 0.2) is 36.4 Å². The van der Waals surface area contributed by atoms with E-state index in [2.05, 4.69) is 19.8 Å². The van der Waals surface area contributed by atoms with Gasteiger partial charge in [-0.25, -0.2) is 4.39 Å². The fourth-order valence-corrected chi connectivity index (χ4v) is 6.43. The van der Waals surface area contributed by atoms with E-state index in [4.69, 9.17) is 9.84 Å². The molecule has 3 N–H and O–H groups in total. The summed E-state index contributed by atoms with van der Waals surface area (Å²) in [6.07, 6.45) is 6.27. The number of hydrogen-bond donors (Lipinski definition) is 3. The number of aliphatic hydroxyl groups excluding tert-OH is 1. The lowest BCUT2D eigenvalue weighted by Gasteiger charge is -2.35. The van der Waals surface area contributed by atoms with Gasteiger partial charge >= 0.3 is 0 Å². The van der Waals surface area contributed by atoms with Crippen LogP contribution in [0.25, 0.3) is 0 Å². The van der Waals surface area contributed by atoms with Crippen LogP contribution in [0.2, 0.25) is 0 Å². The Hall–Kier alpha value is -2.65. The van der Waals surface area contributed by atoms with Crippen molar-refractivity contribution in [2.45, 2.75) is 32.1 Å². The van der Waals surface area contributed by atoms with Crippen molar-refractivity contribution in [1.29, 1.82) is 0 Å². The van der Waals surface area contributed by atoms with Crippen molar-refractivity contribution in [3.8, 4) is 5.75 Å². The number of piperidine rings is 2. The minimum atomic E-state index is -0.878. The van der Waals surface area contributed by atoms with Crippen LogP contribution in [0.1, 0.15) is 42.5 Å².